The molecule has 0 aliphatic rings. The number of amides is 2. The third-order valence-electron chi connectivity index (χ3n) is 2.38. The maximum atomic E-state index is 11.4. The predicted octanol–water partition coefficient (Wildman–Crippen LogP) is 1.65. The second-order valence-electron chi connectivity index (χ2n) is 4.09. The van der Waals surface area contributed by atoms with Gasteiger partial charge in [0.1, 0.15) is 0 Å². The highest BCUT2D eigenvalue weighted by Crippen LogP contribution is 1.97. The first kappa shape index (κ1) is 13.5. The Bertz CT molecular complexity index is 325. The Hall–Kier alpha value is -1.55. The summed E-state index contributed by atoms with van der Waals surface area (Å²) in [6, 6.07) is 9.59. The number of benzene rings is 1. The molecular weight excluding hydrogens is 216 g/mol. The Morgan fingerprint density at radius 3 is 2.65 bits per heavy atom. The third-order valence-corrected chi connectivity index (χ3v) is 2.38. The minimum atomic E-state index is -0.302. The lowest BCUT2D eigenvalue weighted by Gasteiger charge is -2.08. The molecule has 0 fully saturated rings. The number of aliphatic hydroxyl groups excluding tert-OH is 1. The molecule has 3 N–H and O–H groups in total. The summed E-state index contributed by atoms with van der Waals surface area (Å²) in [5.74, 6) is 0. The van der Waals surface area contributed by atoms with Crippen molar-refractivity contribution in [3.8, 4) is 0 Å². The minimum Gasteiger partial charge on any atom is -0.393 e. The SMILES string of the molecule is CC(O)CCCNC(=O)NCc1ccccc1. The van der Waals surface area contributed by atoms with Gasteiger partial charge in [0.25, 0.3) is 0 Å². The molecule has 1 rings (SSSR count). The van der Waals surface area contributed by atoms with Crippen molar-refractivity contribution in [2.24, 2.45) is 0 Å². The molecule has 1 unspecified atom stereocenters. The Morgan fingerprint density at radius 1 is 1.29 bits per heavy atom. The fraction of sp³-hybridized carbons (Fsp3) is 0.462. The van der Waals surface area contributed by atoms with Gasteiger partial charge in [0, 0.05) is 13.1 Å². The van der Waals surface area contributed by atoms with Crippen molar-refractivity contribution in [3.05, 3.63) is 35.9 Å². The number of hydrogen-bond donors (Lipinski definition) is 3. The van der Waals surface area contributed by atoms with E-state index < -0.39 is 0 Å². The number of rotatable bonds is 6. The smallest absolute Gasteiger partial charge is 0.315 e. The van der Waals surface area contributed by atoms with Gasteiger partial charge < -0.3 is 15.7 Å². The maximum absolute atomic E-state index is 11.4. The van der Waals surface area contributed by atoms with Crippen LogP contribution >= 0.6 is 0 Å². The van der Waals surface area contributed by atoms with Crippen LogP contribution in [0.5, 0.6) is 0 Å². The first-order chi connectivity index (χ1) is 8.18. The lowest BCUT2D eigenvalue weighted by atomic mass is 10.2. The second-order valence-corrected chi connectivity index (χ2v) is 4.09. The van der Waals surface area contributed by atoms with Gasteiger partial charge in [-0.15, -0.1) is 0 Å². The van der Waals surface area contributed by atoms with E-state index >= 15 is 0 Å². The molecule has 0 aliphatic heterocycles. The minimum absolute atomic E-state index is 0.167. The zero-order valence-corrected chi connectivity index (χ0v) is 10.1. The van der Waals surface area contributed by atoms with Gasteiger partial charge in [-0.2, -0.15) is 0 Å². The molecule has 0 aromatic heterocycles. The third kappa shape index (κ3) is 6.58. The molecule has 2 amide bonds. The molecule has 17 heavy (non-hydrogen) atoms. The molecular formula is C13H20N2O2. The number of urea groups is 1. The van der Waals surface area contributed by atoms with Crippen molar-refractivity contribution in [2.45, 2.75) is 32.4 Å². The first-order valence-corrected chi connectivity index (χ1v) is 5.92. The van der Waals surface area contributed by atoms with Gasteiger partial charge in [-0.1, -0.05) is 30.3 Å². The summed E-state index contributed by atoms with van der Waals surface area (Å²) < 4.78 is 0. The van der Waals surface area contributed by atoms with Crippen molar-refractivity contribution in [1.82, 2.24) is 10.6 Å². The number of hydrogen-bond acceptors (Lipinski definition) is 2. The molecule has 0 radical (unpaired) electrons. The van der Waals surface area contributed by atoms with E-state index in [2.05, 4.69) is 10.6 Å². The average molecular weight is 236 g/mol. The number of nitrogens with one attached hydrogen (secondary N) is 2. The van der Waals surface area contributed by atoms with Crippen molar-refractivity contribution in [3.63, 3.8) is 0 Å². The van der Waals surface area contributed by atoms with Gasteiger partial charge in [-0.05, 0) is 25.3 Å². The molecule has 0 aliphatic carbocycles. The average Bonchev–Trinajstić information content (AvgIpc) is 2.33. The Balaban J connectivity index is 2.09. The summed E-state index contributed by atoms with van der Waals surface area (Å²) in [7, 11) is 0. The molecule has 0 spiro atoms. The van der Waals surface area contributed by atoms with Crippen LogP contribution in [0.25, 0.3) is 0 Å². The van der Waals surface area contributed by atoms with E-state index in [0.717, 1.165) is 12.0 Å². The highest BCUT2D eigenvalue weighted by atomic mass is 16.3. The van der Waals surface area contributed by atoms with E-state index in [9.17, 15) is 4.79 Å². The van der Waals surface area contributed by atoms with Gasteiger partial charge in [0.05, 0.1) is 6.10 Å². The van der Waals surface area contributed by atoms with Gasteiger partial charge >= 0.3 is 6.03 Å². The molecule has 4 heteroatoms. The normalized spacial score (nSPS) is 11.9. The Labute approximate surface area is 102 Å². The van der Waals surface area contributed by atoms with Crippen LogP contribution in [0.1, 0.15) is 25.3 Å². The Kier molecular flexibility index (Phi) is 6.10. The molecule has 1 aromatic rings. The van der Waals surface area contributed by atoms with Crippen LogP contribution in [0.15, 0.2) is 30.3 Å². The highest BCUT2D eigenvalue weighted by Gasteiger charge is 2.00. The summed E-state index contributed by atoms with van der Waals surface area (Å²) in [6.45, 7) is 2.87. The van der Waals surface area contributed by atoms with Gasteiger partial charge in [-0.25, -0.2) is 4.79 Å². The zero-order chi connectivity index (χ0) is 12.5. The van der Waals surface area contributed by atoms with E-state index in [1.54, 1.807) is 6.92 Å². The van der Waals surface area contributed by atoms with Crippen LogP contribution < -0.4 is 10.6 Å². The summed E-state index contributed by atoms with van der Waals surface area (Å²) in [6.07, 6.45) is 1.19. The van der Waals surface area contributed by atoms with Crippen LogP contribution in [0.3, 0.4) is 0 Å². The molecule has 1 atom stereocenters. The quantitative estimate of drug-likeness (QED) is 0.658. The van der Waals surface area contributed by atoms with Gasteiger partial charge in [0.15, 0.2) is 0 Å². The standard InChI is InChI=1S/C13H20N2O2/c1-11(16)6-5-9-14-13(17)15-10-12-7-3-2-4-8-12/h2-4,7-8,11,16H,5-6,9-10H2,1H3,(H2,14,15,17). The van der Waals surface area contributed by atoms with Crippen LogP contribution in [-0.2, 0) is 6.54 Å². The lowest BCUT2D eigenvalue weighted by molar-refractivity contribution is 0.181. The van der Waals surface area contributed by atoms with Crippen molar-refractivity contribution < 1.29 is 9.90 Å². The molecule has 0 heterocycles. The number of carbonyl (C=O) groups excluding carboxylic acids is 1. The lowest BCUT2D eigenvalue weighted by Crippen LogP contribution is -2.35. The monoisotopic (exact) mass is 236 g/mol. The summed E-state index contributed by atoms with van der Waals surface area (Å²) in [4.78, 5) is 11.4. The number of aliphatic hydroxyl groups is 1. The van der Waals surface area contributed by atoms with E-state index in [4.69, 9.17) is 5.11 Å². The van der Waals surface area contributed by atoms with E-state index in [1.165, 1.54) is 0 Å². The predicted molar refractivity (Wildman–Crippen MR) is 67.6 cm³/mol. The zero-order valence-electron chi connectivity index (χ0n) is 10.1. The fourth-order valence-electron chi connectivity index (χ4n) is 1.44. The van der Waals surface area contributed by atoms with E-state index in [1.807, 2.05) is 30.3 Å². The molecule has 0 saturated heterocycles. The largest absolute Gasteiger partial charge is 0.393 e. The van der Waals surface area contributed by atoms with E-state index in [0.29, 0.717) is 19.5 Å². The fourth-order valence-corrected chi connectivity index (χ4v) is 1.44. The van der Waals surface area contributed by atoms with Crippen LogP contribution in [0, 0.1) is 0 Å². The molecule has 1 aromatic carbocycles. The molecule has 94 valence electrons. The van der Waals surface area contributed by atoms with Crippen molar-refractivity contribution in [2.75, 3.05) is 6.54 Å². The maximum Gasteiger partial charge on any atom is 0.315 e. The summed E-state index contributed by atoms with van der Waals surface area (Å²) in [5.41, 5.74) is 1.08. The van der Waals surface area contributed by atoms with Crippen molar-refractivity contribution >= 4 is 6.03 Å². The number of carbonyl (C=O) groups is 1. The summed E-state index contributed by atoms with van der Waals surface area (Å²) >= 11 is 0. The van der Waals surface area contributed by atoms with Gasteiger partial charge in [-0.3, -0.25) is 0 Å². The summed E-state index contributed by atoms with van der Waals surface area (Å²) in [5, 5.41) is 14.6. The van der Waals surface area contributed by atoms with Crippen LogP contribution in [-0.4, -0.2) is 23.8 Å². The topological polar surface area (TPSA) is 61.4 Å². The van der Waals surface area contributed by atoms with Crippen LogP contribution in [0.4, 0.5) is 4.79 Å². The van der Waals surface area contributed by atoms with Gasteiger partial charge in [0.2, 0.25) is 0 Å². The first-order valence-electron chi connectivity index (χ1n) is 5.92. The molecule has 0 bridgehead atoms. The highest BCUT2D eigenvalue weighted by molar-refractivity contribution is 5.73. The van der Waals surface area contributed by atoms with E-state index in [-0.39, 0.29) is 12.1 Å². The van der Waals surface area contributed by atoms with Crippen molar-refractivity contribution in [1.29, 1.82) is 0 Å². The van der Waals surface area contributed by atoms with Crippen LogP contribution in [0.2, 0.25) is 0 Å². The molecule has 0 saturated carbocycles. The Morgan fingerprint density at radius 2 is 2.00 bits per heavy atom. The second kappa shape index (κ2) is 7.68. The molecule has 4 nitrogen and oxygen atoms in total.